The molecular weight excluding hydrogens is 396 g/mol. The maximum absolute atomic E-state index is 12.7. The zero-order valence-corrected chi connectivity index (χ0v) is 17.1. The quantitative estimate of drug-likeness (QED) is 0.504. The van der Waals surface area contributed by atoms with E-state index in [-0.39, 0.29) is 17.1 Å². The molecule has 0 aliphatic rings. The minimum Gasteiger partial charge on any atom is -0.493 e. The Morgan fingerprint density at radius 3 is 2.30 bits per heavy atom. The Kier molecular flexibility index (Phi) is 7.91. The number of carbonyl (C=O) groups excluding carboxylic acids is 2. The van der Waals surface area contributed by atoms with E-state index < -0.39 is 24.6 Å². The monoisotopic (exact) mass is 419 g/mol. The summed E-state index contributed by atoms with van der Waals surface area (Å²) in [6, 6.07) is 10.1. The van der Waals surface area contributed by atoms with Crippen molar-refractivity contribution in [2.45, 2.75) is 33.5 Å². The van der Waals surface area contributed by atoms with Gasteiger partial charge in [-0.15, -0.1) is 0 Å². The molecule has 1 N–H and O–H groups in total. The highest BCUT2D eigenvalue weighted by atomic mass is 19.3. The van der Waals surface area contributed by atoms with Gasteiger partial charge in [-0.2, -0.15) is 8.78 Å². The molecule has 160 valence electrons. The van der Waals surface area contributed by atoms with Crippen molar-refractivity contribution in [3.05, 3.63) is 59.2 Å². The molecule has 0 aliphatic carbocycles. The van der Waals surface area contributed by atoms with E-state index in [1.807, 2.05) is 32.0 Å². The van der Waals surface area contributed by atoms with Crippen LogP contribution in [0.25, 0.3) is 6.08 Å². The van der Waals surface area contributed by atoms with Crippen LogP contribution < -0.4 is 14.8 Å². The minimum absolute atomic E-state index is 0.0900. The van der Waals surface area contributed by atoms with Crippen LogP contribution in [0.4, 0.5) is 14.5 Å². The molecule has 2 rings (SSSR count). The summed E-state index contributed by atoms with van der Waals surface area (Å²) in [5, 5.41) is 2.74. The van der Waals surface area contributed by atoms with Gasteiger partial charge in [0.2, 0.25) is 0 Å². The number of hydrogen-bond donors (Lipinski definition) is 1. The molecule has 1 atom stereocenters. The summed E-state index contributed by atoms with van der Waals surface area (Å²) in [6.45, 7) is 2.09. The number of methoxy groups -OCH3 is 1. The number of carbonyl (C=O) groups is 2. The summed E-state index contributed by atoms with van der Waals surface area (Å²) in [5.74, 6) is -1.42. The Balaban J connectivity index is 2.06. The Morgan fingerprint density at radius 1 is 1.07 bits per heavy atom. The molecule has 0 bridgehead atoms. The zero-order chi connectivity index (χ0) is 22.3. The van der Waals surface area contributed by atoms with Crippen molar-refractivity contribution in [3.8, 4) is 11.5 Å². The van der Waals surface area contributed by atoms with Gasteiger partial charge in [0.1, 0.15) is 0 Å². The lowest BCUT2D eigenvalue weighted by molar-refractivity contribution is -0.148. The third-order valence-corrected chi connectivity index (χ3v) is 4.23. The fourth-order valence-electron chi connectivity index (χ4n) is 2.70. The van der Waals surface area contributed by atoms with E-state index in [1.165, 1.54) is 32.2 Å². The average Bonchev–Trinajstić information content (AvgIpc) is 2.69. The lowest BCUT2D eigenvalue weighted by Gasteiger charge is -2.15. The highest BCUT2D eigenvalue weighted by Gasteiger charge is 2.19. The van der Waals surface area contributed by atoms with Crippen LogP contribution in [0.1, 0.15) is 23.6 Å². The van der Waals surface area contributed by atoms with Crippen molar-refractivity contribution in [1.29, 1.82) is 0 Å². The Hall–Kier alpha value is -3.42. The predicted octanol–water partition coefficient (Wildman–Crippen LogP) is 4.50. The number of benzene rings is 2. The number of para-hydroxylation sites is 2. The lowest BCUT2D eigenvalue weighted by atomic mass is 10.1. The molecule has 0 heterocycles. The van der Waals surface area contributed by atoms with E-state index in [1.54, 1.807) is 6.07 Å². The standard InChI is InChI=1S/C22H23F2NO5/c1-13-7-5-8-14(2)19(13)25-21(27)15(3)29-18(26)12-11-16-9-6-10-17(28-4)20(16)30-22(23)24/h5-12,15,22H,1-4H3,(H,25,27)/b12-11+/t15-/m1/s1. The number of amides is 1. The first-order valence-electron chi connectivity index (χ1n) is 9.10. The topological polar surface area (TPSA) is 73.9 Å². The maximum atomic E-state index is 12.7. The maximum Gasteiger partial charge on any atom is 0.387 e. The fraction of sp³-hybridized carbons (Fsp3) is 0.273. The highest BCUT2D eigenvalue weighted by Crippen LogP contribution is 2.33. The zero-order valence-electron chi connectivity index (χ0n) is 17.1. The van der Waals surface area contributed by atoms with Gasteiger partial charge in [0.25, 0.3) is 5.91 Å². The molecule has 2 aromatic rings. The van der Waals surface area contributed by atoms with Gasteiger partial charge in [0.05, 0.1) is 7.11 Å². The first kappa shape index (κ1) is 22.9. The molecule has 0 spiro atoms. The number of anilines is 1. The molecule has 6 nitrogen and oxygen atoms in total. The summed E-state index contributed by atoms with van der Waals surface area (Å²) in [5.41, 5.74) is 2.61. The predicted molar refractivity (Wildman–Crippen MR) is 109 cm³/mol. The Labute approximate surface area is 173 Å². The van der Waals surface area contributed by atoms with Gasteiger partial charge in [0.15, 0.2) is 17.6 Å². The second kappa shape index (κ2) is 10.4. The number of hydrogen-bond acceptors (Lipinski definition) is 5. The van der Waals surface area contributed by atoms with E-state index in [2.05, 4.69) is 10.1 Å². The number of esters is 1. The van der Waals surface area contributed by atoms with Gasteiger partial charge < -0.3 is 19.5 Å². The van der Waals surface area contributed by atoms with Crippen molar-refractivity contribution in [3.63, 3.8) is 0 Å². The molecule has 0 unspecified atom stereocenters. The number of halogens is 2. The summed E-state index contributed by atoms with van der Waals surface area (Å²) in [6.07, 6.45) is 1.21. The lowest BCUT2D eigenvalue weighted by Crippen LogP contribution is -2.30. The van der Waals surface area contributed by atoms with Crippen molar-refractivity contribution >= 4 is 23.6 Å². The molecule has 0 saturated heterocycles. The molecule has 30 heavy (non-hydrogen) atoms. The molecule has 0 aromatic heterocycles. The van der Waals surface area contributed by atoms with Crippen molar-refractivity contribution in [2.24, 2.45) is 0 Å². The number of ether oxygens (including phenoxy) is 3. The van der Waals surface area contributed by atoms with Crippen LogP contribution in [0.15, 0.2) is 42.5 Å². The van der Waals surface area contributed by atoms with Crippen LogP contribution in [0, 0.1) is 13.8 Å². The average molecular weight is 419 g/mol. The van der Waals surface area contributed by atoms with Crippen LogP contribution in [0.3, 0.4) is 0 Å². The second-order valence-electron chi connectivity index (χ2n) is 6.43. The van der Waals surface area contributed by atoms with Gasteiger partial charge in [-0.05, 0) is 44.0 Å². The third-order valence-electron chi connectivity index (χ3n) is 4.23. The van der Waals surface area contributed by atoms with Gasteiger partial charge in [-0.25, -0.2) is 4.79 Å². The number of rotatable bonds is 8. The first-order chi connectivity index (χ1) is 14.2. The van der Waals surface area contributed by atoms with Crippen LogP contribution in [0.2, 0.25) is 0 Å². The molecule has 1 amide bonds. The van der Waals surface area contributed by atoms with Gasteiger partial charge in [-0.3, -0.25) is 4.79 Å². The van der Waals surface area contributed by atoms with Gasteiger partial charge in [0, 0.05) is 17.3 Å². The van der Waals surface area contributed by atoms with Crippen LogP contribution in [-0.4, -0.2) is 31.7 Å². The van der Waals surface area contributed by atoms with Gasteiger partial charge >= 0.3 is 12.6 Å². The van der Waals surface area contributed by atoms with Crippen LogP contribution in [0.5, 0.6) is 11.5 Å². The SMILES string of the molecule is COc1cccc(/C=C/C(=O)O[C@H](C)C(=O)Nc2c(C)cccc2C)c1OC(F)F. The second-order valence-corrected chi connectivity index (χ2v) is 6.43. The van der Waals surface area contributed by atoms with E-state index in [4.69, 9.17) is 9.47 Å². The molecule has 8 heteroatoms. The summed E-state index contributed by atoms with van der Waals surface area (Å²) < 4.78 is 39.9. The van der Waals surface area contributed by atoms with E-state index in [0.29, 0.717) is 5.69 Å². The molecular formula is C22H23F2NO5. The van der Waals surface area contributed by atoms with Gasteiger partial charge in [-0.1, -0.05) is 30.3 Å². The van der Waals surface area contributed by atoms with Crippen molar-refractivity contribution in [1.82, 2.24) is 0 Å². The van der Waals surface area contributed by atoms with Crippen molar-refractivity contribution in [2.75, 3.05) is 12.4 Å². The van der Waals surface area contributed by atoms with Crippen molar-refractivity contribution < 1.29 is 32.6 Å². The highest BCUT2D eigenvalue weighted by molar-refractivity contribution is 5.97. The van der Waals surface area contributed by atoms with E-state index in [0.717, 1.165) is 17.2 Å². The number of aryl methyl sites for hydroxylation is 2. The summed E-state index contributed by atoms with van der Waals surface area (Å²) in [7, 11) is 1.31. The molecule has 0 fully saturated rings. The van der Waals surface area contributed by atoms with Crippen LogP contribution in [-0.2, 0) is 14.3 Å². The molecule has 0 aliphatic heterocycles. The fourth-order valence-corrected chi connectivity index (χ4v) is 2.70. The molecule has 2 aromatic carbocycles. The first-order valence-corrected chi connectivity index (χ1v) is 9.10. The normalized spacial score (nSPS) is 12.0. The summed E-state index contributed by atoms with van der Waals surface area (Å²) >= 11 is 0. The van der Waals surface area contributed by atoms with Crippen LogP contribution >= 0.6 is 0 Å². The van der Waals surface area contributed by atoms with E-state index in [9.17, 15) is 18.4 Å². The Bertz CT molecular complexity index is 923. The van der Waals surface area contributed by atoms with E-state index >= 15 is 0 Å². The smallest absolute Gasteiger partial charge is 0.387 e. The number of alkyl halides is 2. The third kappa shape index (κ3) is 6.04. The minimum atomic E-state index is -3.06. The summed E-state index contributed by atoms with van der Waals surface area (Å²) in [4.78, 5) is 24.4. The Morgan fingerprint density at radius 2 is 1.70 bits per heavy atom. The largest absolute Gasteiger partial charge is 0.493 e. The molecule has 0 radical (unpaired) electrons. The number of nitrogens with one attached hydrogen (secondary N) is 1. The molecule has 0 saturated carbocycles.